The van der Waals surface area contributed by atoms with Crippen LogP contribution < -0.4 is 0 Å². The van der Waals surface area contributed by atoms with Gasteiger partial charge in [0.05, 0.1) is 11.4 Å². The predicted molar refractivity (Wildman–Crippen MR) is 101 cm³/mol. The van der Waals surface area contributed by atoms with Gasteiger partial charge in [-0.15, -0.1) is 6.58 Å². The number of hydrogen-bond acceptors (Lipinski definition) is 2. The van der Waals surface area contributed by atoms with Crippen LogP contribution in [0.5, 0.6) is 0 Å². The van der Waals surface area contributed by atoms with Crippen molar-refractivity contribution in [3.05, 3.63) is 53.2 Å². The molecule has 0 amide bonds. The third kappa shape index (κ3) is 5.81. The number of nitrogens with zero attached hydrogens (tertiary/aromatic N) is 1. The van der Waals surface area contributed by atoms with Crippen molar-refractivity contribution in [1.82, 2.24) is 4.31 Å². The van der Waals surface area contributed by atoms with E-state index < -0.39 is 10.0 Å². The van der Waals surface area contributed by atoms with Crippen molar-refractivity contribution in [2.45, 2.75) is 50.8 Å². The number of sulfonamides is 1. The lowest BCUT2D eigenvalue weighted by atomic mass is 10.1. The summed E-state index contributed by atoms with van der Waals surface area (Å²) in [5.74, 6) is 0. The molecule has 0 unspecified atom stereocenters. The molecule has 3 nitrogen and oxygen atoms in total. The van der Waals surface area contributed by atoms with Gasteiger partial charge in [-0.1, -0.05) is 65.9 Å². The van der Waals surface area contributed by atoms with Crippen LogP contribution in [0.4, 0.5) is 0 Å². The van der Waals surface area contributed by atoms with Crippen LogP contribution in [0.1, 0.15) is 44.6 Å². The molecule has 1 rings (SSSR count). The molecule has 0 saturated heterocycles. The molecular weight excluding hydrogens is 374 g/mol. The second kappa shape index (κ2) is 9.93. The van der Waals surface area contributed by atoms with E-state index in [0.29, 0.717) is 4.90 Å². The van der Waals surface area contributed by atoms with Crippen molar-refractivity contribution in [1.29, 1.82) is 0 Å². The van der Waals surface area contributed by atoms with Crippen LogP contribution in [0.2, 0.25) is 0 Å². The van der Waals surface area contributed by atoms with Gasteiger partial charge in [-0.25, -0.2) is 8.42 Å². The molecule has 0 aliphatic rings. The Hall–Kier alpha value is -1.07. The molecule has 1 aromatic rings. The summed E-state index contributed by atoms with van der Waals surface area (Å²) in [6, 6.07) is 6.95. The second-order valence-corrected chi connectivity index (χ2v) is 7.87. The van der Waals surface area contributed by atoms with E-state index in [0.717, 1.165) is 36.9 Å². The number of allylic oxidation sites excluding steroid dienone is 1. The van der Waals surface area contributed by atoms with Crippen LogP contribution in [0.25, 0.3) is 0 Å². The van der Waals surface area contributed by atoms with Crippen LogP contribution >= 0.6 is 15.9 Å². The molecule has 0 aromatic heterocycles. The number of benzene rings is 1. The smallest absolute Gasteiger partial charge is 0.264 e. The van der Waals surface area contributed by atoms with Gasteiger partial charge >= 0.3 is 0 Å². The fourth-order valence-corrected chi connectivity index (χ4v) is 4.39. The van der Waals surface area contributed by atoms with E-state index >= 15 is 0 Å². The number of rotatable bonds is 10. The monoisotopic (exact) mass is 399 g/mol. The Morgan fingerprint density at radius 3 is 2.39 bits per heavy atom. The minimum absolute atomic E-state index is 0.265. The maximum atomic E-state index is 12.9. The zero-order valence-electron chi connectivity index (χ0n) is 14.0. The van der Waals surface area contributed by atoms with Crippen molar-refractivity contribution >= 4 is 26.0 Å². The van der Waals surface area contributed by atoms with Gasteiger partial charge in [-0.05, 0) is 31.9 Å². The molecule has 0 fully saturated rings. The molecule has 5 heteroatoms. The highest BCUT2D eigenvalue weighted by Gasteiger charge is 2.25. The van der Waals surface area contributed by atoms with Crippen molar-refractivity contribution in [3.63, 3.8) is 0 Å². The summed E-state index contributed by atoms with van der Waals surface area (Å²) in [5, 5.41) is 0. The van der Waals surface area contributed by atoms with Gasteiger partial charge in [0.2, 0.25) is 0 Å². The third-order valence-electron chi connectivity index (χ3n) is 3.64. The van der Waals surface area contributed by atoms with Crippen molar-refractivity contribution in [2.24, 2.45) is 0 Å². The predicted octanol–water partition coefficient (Wildman–Crippen LogP) is 5.38. The first-order valence-electron chi connectivity index (χ1n) is 7.97. The maximum Gasteiger partial charge on any atom is 0.264 e. The summed E-state index contributed by atoms with van der Waals surface area (Å²) < 4.78 is 27.3. The Labute approximate surface area is 149 Å². The summed E-state index contributed by atoms with van der Waals surface area (Å²) in [6.07, 6.45) is 6.75. The molecule has 0 radical (unpaired) electrons. The number of halogens is 1. The lowest BCUT2D eigenvalue weighted by molar-refractivity contribution is 0.484. The minimum Gasteiger partial charge on any atom is -0.266 e. The highest BCUT2D eigenvalue weighted by atomic mass is 79.9. The van der Waals surface area contributed by atoms with Gasteiger partial charge in [-0.2, -0.15) is 0 Å². The third-order valence-corrected chi connectivity index (χ3v) is 6.00. The van der Waals surface area contributed by atoms with E-state index in [1.165, 1.54) is 10.7 Å². The highest BCUT2D eigenvalue weighted by molar-refractivity contribution is 9.11. The molecular formula is C18H26BrNO2S. The Morgan fingerprint density at radius 2 is 1.87 bits per heavy atom. The van der Waals surface area contributed by atoms with E-state index in [9.17, 15) is 8.42 Å². The first kappa shape index (κ1) is 20.0. The van der Waals surface area contributed by atoms with Gasteiger partial charge in [0.1, 0.15) is 0 Å². The Kier molecular flexibility index (Phi) is 8.63. The molecule has 0 spiro atoms. The van der Waals surface area contributed by atoms with Crippen molar-refractivity contribution in [3.8, 4) is 0 Å². The normalized spacial score (nSPS) is 12.2. The van der Waals surface area contributed by atoms with Gasteiger partial charge in [-0.3, -0.25) is 4.31 Å². The number of unbranched alkanes of at least 4 members (excludes halogenated alkanes) is 3. The number of hydrogen-bond donors (Lipinski definition) is 0. The zero-order chi connectivity index (χ0) is 17.3. The Bertz CT molecular complexity index is 621. The first-order chi connectivity index (χ1) is 11.0. The molecule has 0 aliphatic carbocycles. The van der Waals surface area contributed by atoms with Gasteiger partial charge < -0.3 is 0 Å². The number of aryl methyl sites for hydroxylation is 1. The lowest BCUT2D eigenvalue weighted by Crippen LogP contribution is -2.30. The van der Waals surface area contributed by atoms with Gasteiger partial charge in [0.15, 0.2) is 0 Å². The van der Waals surface area contributed by atoms with Crippen molar-refractivity contribution in [2.75, 3.05) is 6.54 Å². The highest BCUT2D eigenvalue weighted by Crippen LogP contribution is 2.25. The SMILES string of the molecule is C=CCN(/C(=C\Br)CCCCCC)S(=O)(=O)c1ccc(C)cc1. The molecule has 128 valence electrons. The van der Waals surface area contributed by atoms with E-state index in [4.69, 9.17) is 0 Å². The fourth-order valence-electron chi connectivity index (χ4n) is 2.29. The summed E-state index contributed by atoms with van der Waals surface area (Å²) in [7, 11) is -3.57. The van der Waals surface area contributed by atoms with E-state index in [1.807, 2.05) is 19.1 Å². The average Bonchev–Trinajstić information content (AvgIpc) is 2.54. The second-order valence-electron chi connectivity index (χ2n) is 5.55. The van der Waals surface area contributed by atoms with Gasteiger partial charge in [0, 0.05) is 10.7 Å². The molecule has 1 aromatic carbocycles. The molecule has 0 N–H and O–H groups in total. The largest absolute Gasteiger partial charge is 0.266 e. The molecule has 23 heavy (non-hydrogen) atoms. The average molecular weight is 400 g/mol. The van der Waals surface area contributed by atoms with E-state index in [2.05, 4.69) is 29.4 Å². The minimum atomic E-state index is -3.57. The molecule has 0 saturated carbocycles. The summed E-state index contributed by atoms with van der Waals surface area (Å²) in [5.41, 5.74) is 1.80. The van der Waals surface area contributed by atoms with Crippen molar-refractivity contribution < 1.29 is 8.42 Å². The Balaban J connectivity index is 3.02. The maximum absolute atomic E-state index is 12.9. The van der Waals surface area contributed by atoms with Crippen LogP contribution in [0, 0.1) is 6.92 Å². The first-order valence-corrected chi connectivity index (χ1v) is 10.3. The Morgan fingerprint density at radius 1 is 1.22 bits per heavy atom. The molecule has 0 bridgehead atoms. The summed E-state index contributed by atoms with van der Waals surface area (Å²) in [4.78, 5) is 2.03. The standard InChI is InChI=1S/C18H26BrNO2S/c1-4-6-7-8-9-17(15-19)20(14-5-2)23(21,22)18-12-10-16(3)11-13-18/h5,10-13,15H,2,4,6-9,14H2,1,3H3/b17-15-. The fraction of sp³-hybridized carbons (Fsp3) is 0.444. The van der Waals surface area contributed by atoms with Gasteiger partial charge in [0.25, 0.3) is 10.0 Å². The topological polar surface area (TPSA) is 37.4 Å². The van der Waals surface area contributed by atoms with Crippen LogP contribution in [0.3, 0.4) is 0 Å². The molecule has 0 heterocycles. The van der Waals surface area contributed by atoms with E-state index in [1.54, 1.807) is 23.2 Å². The summed E-state index contributed by atoms with van der Waals surface area (Å²) >= 11 is 3.33. The quantitative estimate of drug-likeness (QED) is 0.391. The lowest BCUT2D eigenvalue weighted by Gasteiger charge is -2.25. The molecule has 0 atom stereocenters. The van der Waals surface area contributed by atoms with E-state index in [-0.39, 0.29) is 6.54 Å². The van der Waals surface area contributed by atoms with Crippen LogP contribution in [-0.2, 0) is 10.0 Å². The zero-order valence-corrected chi connectivity index (χ0v) is 16.4. The summed E-state index contributed by atoms with van der Waals surface area (Å²) in [6.45, 7) is 8.06. The van der Waals surface area contributed by atoms with Crippen LogP contribution in [-0.4, -0.2) is 19.3 Å². The molecule has 0 aliphatic heterocycles. The van der Waals surface area contributed by atoms with Crippen LogP contribution in [0.15, 0.2) is 52.5 Å².